The Kier molecular flexibility index (Phi) is 40.2. The molecule has 0 radical (unpaired) electrons. The largest absolute Gasteiger partial charge is 0.756 e. The summed E-state index contributed by atoms with van der Waals surface area (Å²) in [5.41, 5.74) is 0. The molecule has 0 saturated carbocycles. The summed E-state index contributed by atoms with van der Waals surface area (Å²) in [6.07, 6.45) is 50.6. The number of quaternary nitrogens is 1. The van der Waals surface area contributed by atoms with E-state index in [0.717, 1.165) is 44.9 Å². The third kappa shape index (κ3) is 42.8. The number of aliphatic hydroxyl groups is 1. The second-order valence-corrected chi connectivity index (χ2v) is 19.2. The summed E-state index contributed by atoms with van der Waals surface area (Å²) in [6, 6.07) is -0.906. The number of carbonyl (C=O) groups is 1. The Hall–Kier alpha value is -1.28. The van der Waals surface area contributed by atoms with Gasteiger partial charge in [-0.15, -0.1) is 0 Å². The molecule has 58 heavy (non-hydrogen) atoms. The van der Waals surface area contributed by atoms with Crippen LogP contribution in [0.2, 0.25) is 0 Å². The van der Waals surface area contributed by atoms with Crippen LogP contribution in [-0.2, 0) is 18.4 Å². The minimum atomic E-state index is -4.60. The van der Waals surface area contributed by atoms with Gasteiger partial charge in [0.15, 0.2) is 0 Å². The van der Waals surface area contributed by atoms with Gasteiger partial charge in [0.25, 0.3) is 7.82 Å². The number of phosphoric ester groups is 1. The molecule has 9 heteroatoms. The van der Waals surface area contributed by atoms with E-state index in [2.05, 4.69) is 43.5 Å². The molecule has 0 saturated heterocycles. The van der Waals surface area contributed by atoms with E-state index in [1.807, 2.05) is 27.2 Å². The molecule has 342 valence electrons. The maximum absolute atomic E-state index is 12.9. The molecule has 0 aromatic rings. The summed E-state index contributed by atoms with van der Waals surface area (Å²) in [5, 5.41) is 13.8. The van der Waals surface area contributed by atoms with Gasteiger partial charge in [0.05, 0.1) is 39.9 Å². The molecule has 2 N–H and O–H groups in total. The minimum absolute atomic E-state index is 0.00777. The molecule has 0 bridgehead atoms. The molecule has 0 aliphatic rings. The SMILES string of the molecule is CCCCCCCCCCCCCC/C=C/CC/C=C/CC/C=C/C(O)C(COP(=O)([O-])OCC[N+](C)(C)C)NC(=O)CCCCCCCCCCCCCCCC. The number of amides is 1. The molecule has 3 atom stereocenters. The average Bonchev–Trinajstić information content (AvgIpc) is 3.17. The van der Waals surface area contributed by atoms with Gasteiger partial charge in [-0.1, -0.05) is 204 Å². The molecular weight excluding hydrogens is 744 g/mol. The molecule has 1 amide bonds. The monoisotopic (exact) mass is 839 g/mol. The lowest BCUT2D eigenvalue weighted by Gasteiger charge is -2.29. The molecule has 0 heterocycles. The lowest BCUT2D eigenvalue weighted by molar-refractivity contribution is -0.870. The maximum Gasteiger partial charge on any atom is 0.268 e. The average molecular weight is 839 g/mol. The number of unbranched alkanes of at least 4 members (excludes halogenated alkanes) is 27. The van der Waals surface area contributed by atoms with Crippen molar-refractivity contribution in [1.82, 2.24) is 5.32 Å². The van der Waals surface area contributed by atoms with Gasteiger partial charge in [0.2, 0.25) is 5.91 Å². The van der Waals surface area contributed by atoms with Crippen molar-refractivity contribution < 1.29 is 32.9 Å². The lowest BCUT2D eigenvalue weighted by atomic mass is 10.0. The number of phosphoric acid groups is 1. The Morgan fingerprint density at radius 3 is 1.40 bits per heavy atom. The Labute approximate surface area is 359 Å². The summed E-state index contributed by atoms with van der Waals surface area (Å²) in [5.74, 6) is -0.210. The molecule has 0 rings (SSSR count). The number of hydrogen-bond donors (Lipinski definition) is 2. The second-order valence-electron chi connectivity index (χ2n) is 17.8. The summed E-state index contributed by atoms with van der Waals surface area (Å²) in [7, 11) is 1.24. The molecule has 0 aromatic heterocycles. The Morgan fingerprint density at radius 2 is 0.966 bits per heavy atom. The van der Waals surface area contributed by atoms with Crippen LogP contribution in [0.5, 0.6) is 0 Å². The number of carbonyl (C=O) groups excluding carboxylic acids is 1. The predicted molar refractivity (Wildman–Crippen MR) is 247 cm³/mol. The first-order valence-corrected chi connectivity index (χ1v) is 25.8. The van der Waals surface area contributed by atoms with Gasteiger partial charge < -0.3 is 28.8 Å². The number of likely N-dealkylation sites (N-methyl/N-ethyl adjacent to an activating group) is 1. The fourth-order valence-electron chi connectivity index (χ4n) is 6.95. The van der Waals surface area contributed by atoms with E-state index < -0.39 is 26.6 Å². The van der Waals surface area contributed by atoms with Gasteiger partial charge >= 0.3 is 0 Å². The van der Waals surface area contributed by atoms with E-state index in [1.54, 1.807) is 6.08 Å². The Bertz CT molecular complexity index is 1040. The normalized spacial score (nSPS) is 14.5. The van der Waals surface area contributed by atoms with Crippen LogP contribution < -0.4 is 10.2 Å². The Balaban J connectivity index is 4.41. The summed E-state index contributed by atoms with van der Waals surface area (Å²) >= 11 is 0. The molecular formula is C49H95N2O6P. The topological polar surface area (TPSA) is 108 Å². The number of rotatable bonds is 44. The van der Waals surface area contributed by atoms with Crippen LogP contribution in [0.15, 0.2) is 36.5 Å². The van der Waals surface area contributed by atoms with Crippen molar-refractivity contribution in [3.8, 4) is 0 Å². The number of nitrogens with zero attached hydrogens (tertiary/aromatic N) is 1. The molecule has 8 nitrogen and oxygen atoms in total. The highest BCUT2D eigenvalue weighted by Gasteiger charge is 2.23. The van der Waals surface area contributed by atoms with Crippen molar-refractivity contribution in [3.63, 3.8) is 0 Å². The van der Waals surface area contributed by atoms with Gasteiger partial charge in [0, 0.05) is 6.42 Å². The number of nitrogens with one attached hydrogen (secondary N) is 1. The predicted octanol–water partition coefficient (Wildman–Crippen LogP) is 13.2. The van der Waals surface area contributed by atoms with Crippen molar-refractivity contribution in [2.45, 2.75) is 231 Å². The fourth-order valence-corrected chi connectivity index (χ4v) is 7.67. The third-order valence-electron chi connectivity index (χ3n) is 10.8. The first-order chi connectivity index (χ1) is 28.0. The highest BCUT2D eigenvalue weighted by atomic mass is 31.2. The second kappa shape index (κ2) is 41.1. The zero-order chi connectivity index (χ0) is 42.8. The molecule has 0 spiro atoms. The van der Waals surface area contributed by atoms with Gasteiger partial charge in [-0.25, -0.2) is 0 Å². The van der Waals surface area contributed by atoms with Crippen LogP contribution in [0.1, 0.15) is 219 Å². The zero-order valence-corrected chi connectivity index (χ0v) is 39.6. The minimum Gasteiger partial charge on any atom is -0.756 e. The summed E-state index contributed by atoms with van der Waals surface area (Å²) in [4.78, 5) is 25.3. The smallest absolute Gasteiger partial charge is 0.268 e. The van der Waals surface area contributed by atoms with E-state index in [0.29, 0.717) is 17.4 Å². The third-order valence-corrected chi connectivity index (χ3v) is 11.8. The number of aliphatic hydroxyl groups excluding tert-OH is 1. The highest BCUT2D eigenvalue weighted by molar-refractivity contribution is 7.45. The highest BCUT2D eigenvalue weighted by Crippen LogP contribution is 2.38. The molecule has 3 unspecified atom stereocenters. The van der Waals surface area contributed by atoms with Crippen LogP contribution in [0, 0.1) is 0 Å². The van der Waals surface area contributed by atoms with Crippen molar-refractivity contribution in [2.24, 2.45) is 0 Å². The van der Waals surface area contributed by atoms with E-state index >= 15 is 0 Å². The van der Waals surface area contributed by atoms with Crippen LogP contribution in [0.4, 0.5) is 0 Å². The number of hydrogen-bond acceptors (Lipinski definition) is 6. The standard InChI is InChI=1S/C49H95N2O6P/c1-6-8-10-12-14-16-18-20-22-23-24-25-26-27-28-29-30-32-34-36-38-40-42-48(52)47(46-57-58(54,55)56-45-44-51(3,4)5)50-49(53)43-41-39-37-35-33-31-21-19-17-15-13-11-9-7-2/h27-28,32,34,40,42,47-48,52H,6-26,29-31,33,35-39,41,43-46H2,1-5H3,(H-,50,53,54,55)/b28-27+,34-32+,42-40+. The zero-order valence-electron chi connectivity index (χ0n) is 38.8. The first-order valence-electron chi connectivity index (χ1n) is 24.4. The molecule has 0 aliphatic heterocycles. The maximum atomic E-state index is 12.9. The van der Waals surface area contributed by atoms with Crippen molar-refractivity contribution in [1.29, 1.82) is 0 Å². The van der Waals surface area contributed by atoms with E-state index in [9.17, 15) is 19.4 Å². The van der Waals surface area contributed by atoms with Crippen LogP contribution >= 0.6 is 7.82 Å². The fraction of sp³-hybridized carbons (Fsp3) is 0.857. The number of allylic oxidation sites excluding steroid dienone is 5. The summed E-state index contributed by atoms with van der Waals surface area (Å²) < 4.78 is 23.2. The van der Waals surface area contributed by atoms with Crippen LogP contribution in [0.3, 0.4) is 0 Å². The summed E-state index contributed by atoms with van der Waals surface area (Å²) in [6.45, 7) is 4.63. The first kappa shape index (κ1) is 56.7. The van der Waals surface area contributed by atoms with Gasteiger partial charge in [0.1, 0.15) is 13.2 Å². The van der Waals surface area contributed by atoms with E-state index in [4.69, 9.17) is 9.05 Å². The molecule has 0 aromatic carbocycles. The van der Waals surface area contributed by atoms with Gasteiger partial charge in [-0.3, -0.25) is 9.36 Å². The lowest BCUT2D eigenvalue weighted by Crippen LogP contribution is -2.45. The van der Waals surface area contributed by atoms with Crippen molar-refractivity contribution in [3.05, 3.63) is 36.5 Å². The van der Waals surface area contributed by atoms with E-state index in [1.165, 1.54) is 154 Å². The molecule has 0 fully saturated rings. The Morgan fingerprint density at radius 1 is 0.586 bits per heavy atom. The molecule has 0 aliphatic carbocycles. The van der Waals surface area contributed by atoms with Crippen LogP contribution in [-0.4, -0.2) is 68.5 Å². The van der Waals surface area contributed by atoms with E-state index in [-0.39, 0.29) is 12.5 Å². The van der Waals surface area contributed by atoms with Gasteiger partial charge in [-0.2, -0.15) is 0 Å². The van der Waals surface area contributed by atoms with Gasteiger partial charge in [-0.05, 0) is 44.9 Å². The quantitative estimate of drug-likeness (QED) is 0.0274. The van der Waals surface area contributed by atoms with Crippen molar-refractivity contribution >= 4 is 13.7 Å². The van der Waals surface area contributed by atoms with Crippen LogP contribution in [0.25, 0.3) is 0 Å². The van der Waals surface area contributed by atoms with Crippen molar-refractivity contribution in [2.75, 3.05) is 40.9 Å².